The van der Waals surface area contributed by atoms with Gasteiger partial charge in [-0.2, -0.15) is 0 Å². The zero-order valence-corrected chi connectivity index (χ0v) is 19.3. The first-order valence-electron chi connectivity index (χ1n) is 9.63. The SMILES string of the molecule is CNC(=O)c1cc(Oc2ccc3nnc(NC(=O)c4cccc(CF)c4I)nc3c2)ccn1. The quantitative estimate of drug-likeness (QED) is 0.345. The van der Waals surface area contributed by atoms with Crippen molar-refractivity contribution in [2.24, 2.45) is 0 Å². The first kappa shape index (κ1) is 22.5. The molecule has 0 saturated carbocycles. The Morgan fingerprint density at radius 2 is 1.85 bits per heavy atom. The minimum absolute atomic E-state index is 0.00286. The van der Waals surface area contributed by atoms with Gasteiger partial charge in [0.25, 0.3) is 11.8 Å². The van der Waals surface area contributed by atoms with E-state index in [2.05, 4.69) is 30.8 Å². The van der Waals surface area contributed by atoms with E-state index in [1.807, 2.05) is 22.6 Å². The van der Waals surface area contributed by atoms with Crippen LogP contribution in [0.1, 0.15) is 26.4 Å². The van der Waals surface area contributed by atoms with E-state index in [1.54, 1.807) is 42.5 Å². The van der Waals surface area contributed by atoms with Crippen LogP contribution in [0.2, 0.25) is 0 Å². The fourth-order valence-corrected chi connectivity index (χ4v) is 3.67. The number of nitrogens with zero attached hydrogens (tertiary/aromatic N) is 4. The van der Waals surface area contributed by atoms with Crippen molar-refractivity contribution in [2.75, 3.05) is 12.4 Å². The number of rotatable bonds is 6. The van der Waals surface area contributed by atoms with Crippen molar-refractivity contribution in [1.82, 2.24) is 25.5 Å². The minimum Gasteiger partial charge on any atom is -0.457 e. The summed E-state index contributed by atoms with van der Waals surface area (Å²) in [6.07, 6.45) is 1.47. The Bertz CT molecular complexity index is 1370. The standard InChI is InChI=1S/C22H16FIN6O3/c1-25-21(32)18-10-14(7-8-26-18)33-13-5-6-16-17(9-13)27-22(30-29-16)28-20(31)15-4-2-3-12(11-23)19(15)24/h2-10H,11H2,1H3,(H,25,32)(H,27,28,30,31). The second-order valence-corrected chi connectivity index (χ2v) is 7.79. The van der Waals surface area contributed by atoms with E-state index < -0.39 is 12.6 Å². The van der Waals surface area contributed by atoms with Gasteiger partial charge in [-0.3, -0.25) is 19.9 Å². The maximum Gasteiger partial charge on any atom is 0.269 e. The molecule has 0 bridgehead atoms. The molecule has 33 heavy (non-hydrogen) atoms. The molecule has 0 unspecified atom stereocenters. The highest BCUT2D eigenvalue weighted by atomic mass is 127. The highest BCUT2D eigenvalue weighted by Crippen LogP contribution is 2.25. The van der Waals surface area contributed by atoms with Gasteiger partial charge in [0, 0.05) is 28.9 Å². The van der Waals surface area contributed by atoms with Gasteiger partial charge in [-0.15, -0.1) is 10.2 Å². The second-order valence-electron chi connectivity index (χ2n) is 6.71. The summed E-state index contributed by atoms with van der Waals surface area (Å²) in [5.41, 5.74) is 1.89. The molecular formula is C22H16FIN6O3. The number of hydrogen-bond acceptors (Lipinski definition) is 7. The molecule has 0 aliphatic heterocycles. The molecule has 0 spiro atoms. The van der Waals surface area contributed by atoms with E-state index >= 15 is 0 Å². The third-order valence-corrected chi connectivity index (χ3v) is 5.82. The van der Waals surface area contributed by atoms with Crippen molar-refractivity contribution in [3.05, 3.63) is 75.1 Å². The van der Waals surface area contributed by atoms with E-state index in [9.17, 15) is 14.0 Å². The zero-order valence-electron chi connectivity index (χ0n) is 17.2. The van der Waals surface area contributed by atoms with Gasteiger partial charge in [-0.1, -0.05) is 12.1 Å². The maximum atomic E-state index is 13.1. The molecule has 166 valence electrons. The predicted molar refractivity (Wildman–Crippen MR) is 127 cm³/mol. The molecule has 9 nitrogen and oxygen atoms in total. The van der Waals surface area contributed by atoms with Crippen LogP contribution in [0.25, 0.3) is 11.0 Å². The smallest absolute Gasteiger partial charge is 0.269 e. The normalized spacial score (nSPS) is 10.6. The van der Waals surface area contributed by atoms with Crippen LogP contribution < -0.4 is 15.4 Å². The fraction of sp³-hybridized carbons (Fsp3) is 0.0909. The molecule has 0 saturated heterocycles. The Morgan fingerprint density at radius 1 is 1.03 bits per heavy atom. The van der Waals surface area contributed by atoms with Crippen LogP contribution in [0, 0.1) is 3.57 Å². The molecule has 2 N–H and O–H groups in total. The number of halogens is 2. The van der Waals surface area contributed by atoms with Gasteiger partial charge in [0.15, 0.2) is 0 Å². The Hall–Kier alpha value is -3.74. The maximum absolute atomic E-state index is 13.1. The molecule has 0 fully saturated rings. The van der Waals surface area contributed by atoms with Gasteiger partial charge in [0.2, 0.25) is 5.95 Å². The molecular weight excluding hydrogens is 542 g/mol. The van der Waals surface area contributed by atoms with Crippen molar-refractivity contribution in [1.29, 1.82) is 0 Å². The summed E-state index contributed by atoms with van der Waals surface area (Å²) in [4.78, 5) is 32.8. The lowest BCUT2D eigenvalue weighted by Crippen LogP contribution is -2.18. The highest BCUT2D eigenvalue weighted by Gasteiger charge is 2.15. The number of benzene rings is 2. The lowest BCUT2D eigenvalue weighted by molar-refractivity contribution is 0.0957. The summed E-state index contributed by atoms with van der Waals surface area (Å²) >= 11 is 1.93. The lowest BCUT2D eigenvalue weighted by atomic mass is 10.1. The molecule has 0 aliphatic carbocycles. The molecule has 0 aliphatic rings. The molecule has 0 atom stereocenters. The largest absolute Gasteiger partial charge is 0.457 e. The number of carbonyl (C=O) groups is 2. The predicted octanol–water partition coefficient (Wildman–Crippen LogP) is 3.90. The molecule has 0 radical (unpaired) electrons. The number of carbonyl (C=O) groups excluding carboxylic acids is 2. The number of fused-ring (bicyclic) bond motifs is 1. The second kappa shape index (κ2) is 9.81. The third-order valence-electron chi connectivity index (χ3n) is 4.55. The molecule has 2 aromatic heterocycles. The highest BCUT2D eigenvalue weighted by molar-refractivity contribution is 14.1. The van der Waals surface area contributed by atoms with Crippen LogP contribution >= 0.6 is 22.6 Å². The van der Waals surface area contributed by atoms with Crippen molar-refractivity contribution in [3.8, 4) is 11.5 Å². The Balaban J connectivity index is 1.57. The summed E-state index contributed by atoms with van der Waals surface area (Å²) in [6, 6.07) is 12.9. The Morgan fingerprint density at radius 3 is 2.64 bits per heavy atom. The average Bonchev–Trinajstić information content (AvgIpc) is 2.83. The zero-order chi connectivity index (χ0) is 23.4. The molecule has 11 heteroatoms. The summed E-state index contributed by atoms with van der Waals surface area (Å²) in [6.45, 7) is -0.668. The van der Waals surface area contributed by atoms with Crippen molar-refractivity contribution in [2.45, 2.75) is 6.67 Å². The number of aromatic nitrogens is 4. The number of nitrogens with one attached hydrogen (secondary N) is 2. The molecule has 2 aromatic carbocycles. The number of hydrogen-bond donors (Lipinski definition) is 2. The molecule has 2 amide bonds. The summed E-state index contributed by atoms with van der Waals surface area (Å²) in [5.74, 6) is 0.0574. The summed E-state index contributed by atoms with van der Waals surface area (Å²) < 4.78 is 19.4. The van der Waals surface area contributed by atoms with Gasteiger partial charge in [0.1, 0.15) is 29.4 Å². The number of pyridine rings is 1. The number of anilines is 1. The number of alkyl halides is 1. The van der Waals surface area contributed by atoms with Crippen LogP contribution in [0.15, 0.2) is 54.7 Å². The van der Waals surface area contributed by atoms with Gasteiger partial charge >= 0.3 is 0 Å². The van der Waals surface area contributed by atoms with Crippen molar-refractivity contribution >= 4 is 51.4 Å². The van der Waals surface area contributed by atoms with Crippen LogP contribution in [-0.4, -0.2) is 39.0 Å². The monoisotopic (exact) mass is 558 g/mol. The van der Waals surface area contributed by atoms with E-state index in [0.29, 0.717) is 37.2 Å². The van der Waals surface area contributed by atoms with Crippen LogP contribution in [0.5, 0.6) is 11.5 Å². The van der Waals surface area contributed by atoms with E-state index in [-0.39, 0.29) is 17.5 Å². The number of amides is 2. The molecule has 4 aromatic rings. The summed E-state index contributed by atoms with van der Waals surface area (Å²) in [5, 5.41) is 13.1. The van der Waals surface area contributed by atoms with Gasteiger partial charge in [-0.05, 0) is 52.4 Å². The minimum atomic E-state index is -0.668. The lowest BCUT2D eigenvalue weighted by Gasteiger charge is -2.09. The van der Waals surface area contributed by atoms with Crippen LogP contribution in [-0.2, 0) is 6.67 Å². The van der Waals surface area contributed by atoms with Crippen LogP contribution in [0.4, 0.5) is 10.3 Å². The summed E-state index contributed by atoms with van der Waals surface area (Å²) in [7, 11) is 1.52. The Kier molecular flexibility index (Phi) is 6.68. The fourth-order valence-electron chi connectivity index (χ4n) is 2.92. The van der Waals surface area contributed by atoms with E-state index in [4.69, 9.17) is 4.74 Å². The topological polar surface area (TPSA) is 119 Å². The van der Waals surface area contributed by atoms with E-state index in [1.165, 1.54) is 19.3 Å². The Labute approximate surface area is 200 Å². The van der Waals surface area contributed by atoms with E-state index in [0.717, 1.165) is 0 Å². The van der Waals surface area contributed by atoms with Crippen LogP contribution in [0.3, 0.4) is 0 Å². The first-order chi connectivity index (χ1) is 16.0. The van der Waals surface area contributed by atoms with Crippen molar-refractivity contribution in [3.63, 3.8) is 0 Å². The van der Waals surface area contributed by atoms with Gasteiger partial charge in [-0.25, -0.2) is 9.37 Å². The first-order valence-corrected chi connectivity index (χ1v) is 10.7. The molecule has 2 heterocycles. The van der Waals surface area contributed by atoms with Gasteiger partial charge in [0.05, 0.1) is 11.1 Å². The van der Waals surface area contributed by atoms with Crippen molar-refractivity contribution < 1.29 is 18.7 Å². The van der Waals surface area contributed by atoms with Gasteiger partial charge < -0.3 is 10.1 Å². The molecule has 4 rings (SSSR count). The number of ether oxygens (including phenoxy) is 1. The third kappa shape index (κ3) is 5.03. The average molecular weight is 558 g/mol.